The maximum Gasteiger partial charge on any atom is 0.410 e. The number of ether oxygens (including phenoxy) is 1. The fourth-order valence-electron chi connectivity index (χ4n) is 2.91. The Labute approximate surface area is 145 Å². The molecule has 0 spiro atoms. The van der Waals surface area contributed by atoms with Crippen LogP contribution < -0.4 is 5.56 Å². The summed E-state index contributed by atoms with van der Waals surface area (Å²) in [6.45, 7) is 6.33. The molecular weight excluding hydrogens is 326 g/mol. The van der Waals surface area contributed by atoms with Crippen LogP contribution in [-0.2, 0) is 11.3 Å². The molecule has 1 amide bonds. The van der Waals surface area contributed by atoms with Crippen LogP contribution in [0.2, 0.25) is 0 Å². The van der Waals surface area contributed by atoms with E-state index in [1.165, 1.54) is 17.2 Å². The highest BCUT2D eigenvalue weighted by molar-refractivity contribution is 5.71. The number of piperidine rings is 1. The average molecular weight is 349 g/mol. The second kappa shape index (κ2) is 6.18. The van der Waals surface area contributed by atoms with Gasteiger partial charge in [-0.25, -0.2) is 9.78 Å². The van der Waals surface area contributed by atoms with E-state index in [4.69, 9.17) is 9.15 Å². The van der Waals surface area contributed by atoms with E-state index in [0.29, 0.717) is 31.3 Å². The molecular formula is C17H23N3O5. The van der Waals surface area contributed by atoms with E-state index in [1.807, 2.05) is 20.8 Å². The molecule has 1 aliphatic heterocycles. The summed E-state index contributed by atoms with van der Waals surface area (Å²) in [6.07, 6.45) is 3.14. The summed E-state index contributed by atoms with van der Waals surface area (Å²) in [6, 6.07) is 1.57. The van der Waals surface area contributed by atoms with Crippen molar-refractivity contribution in [1.29, 1.82) is 0 Å². The topological polar surface area (TPSA) is 97.8 Å². The first-order valence-electron chi connectivity index (χ1n) is 8.30. The molecule has 25 heavy (non-hydrogen) atoms. The van der Waals surface area contributed by atoms with Crippen molar-refractivity contribution in [2.24, 2.45) is 0 Å². The van der Waals surface area contributed by atoms with Gasteiger partial charge in [-0.15, -0.1) is 0 Å². The van der Waals surface area contributed by atoms with Gasteiger partial charge in [0.2, 0.25) is 5.71 Å². The normalized spacial score (nSPS) is 17.7. The maximum atomic E-state index is 12.4. The number of aliphatic hydroxyl groups is 1. The molecule has 1 N–H and O–H groups in total. The number of aromatic nitrogens is 2. The van der Waals surface area contributed by atoms with Crippen LogP contribution in [0.3, 0.4) is 0 Å². The highest BCUT2D eigenvalue weighted by Gasteiger charge is 2.36. The Balaban J connectivity index is 1.67. The molecule has 8 heteroatoms. The van der Waals surface area contributed by atoms with Crippen LogP contribution in [0.4, 0.5) is 4.79 Å². The predicted molar refractivity (Wildman–Crippen MR) is 90.3 cm³/mol. The lowest BCUT2D eigenvalue weighted by atomic mass is 9.91. The smallest absolute Gasteiger partial charge is 0.410 e. The molecule has 0 bridgehead atoms. The molecule has 2 aromatic heterocycles. The Kier molecular flexibility index (Phi) is 4.32. The lowest BCUT2D eigenvalue weighted by molar-refractivity contribution is -0.0419. The van der Waals surface area contributed by atoms with Gasteiger partial charge in [0.1, 0.15) is 17.3 Å². The van der Waals surface area contributed by atoms with Crippen LogP contribution in [-0.4, -0.2) is 49.9 Å². The zero-order valence-electron chi connectivity index (χ0n) is 14.7. The SMILES string of the molecule is CC(C)(C)OC(=O)N1CCC(O)(Cn2cnc3occc3c2=O)CC1. The molecule has 1 saturated heterocycles. The van der Waals surface area contributed by atoms with Gasteiger partial charge in [0.15, 0.2) is 0 Å². The zero-order chi connectivity index (χ0) is 18.2. The number of carbonyl (C=O) groups excluding carboxylic acids is 1. The highest BCUT2D eigenvalue weighted by atomic mass is 16.6. The quantitative estimate of drug-likeness (QED) is 0.887. The molecule has 136 valence electrons. The molecule has 1 fully saturated rings. The zero-order valence-corrected chi connectivity index (χ0v) is 14.7. The van der Waals surface area contributed by atoms with Crippen LogP contribution in [0.25, 0.3) is 11.1 Å². The van der Waals surface area contributed by atoms with Crippen molar-refractivity contribution >= 4 is 17.2 Å². The molecule has 2 aromatic rings. The number of hydrogen-bond donors (Lipinski definition) is 1. The first kappa shape index (κ1) is 17.5. The third-order valence-electron chi connectivity index (χ3n) is 4.26. The van der Waals surface area contributed by atoms with Crippen molar-refractivity contribution < 1.29 is 19.1 Å². The third kappa shape index (κ3) is 3.84. The second-order valence-corrected chi connectivity index (χ2v) is 7.51. The molecule has 0 radical (unpaired) electrons. The average Bonchev–Trinajstić information content (AvgIpc) is 2.98. The van der Waals surface area contributed by atoms with Crippen LogP contribution in [0.15, 0.2) is 27.9 Å². The van der Waals surface area contributed by atoms with Crippen molar-refractivity contribution in [3.05, 3.63) is 29.0 Å². The van der Waals surface area contributed by atoms with E-state index in [1.54, 1.807) is 11.0 Å². The monoisotopic (exact) mass is 349 g/mol. The molecule has 3 rings (SSSR count). The molecule has 0 aliphatic carbocycles. The number of rotatable bonds is 2. The number of carbonyl (C=O) groups is 1. The van der Waals surface area contributed by atoms with Gasteiger partial charge in [-0.05, 0) is 39.7 Å². The third-order valence-corrected chi connectivity index (χ3v) is 4.26. The summed E-state index contributed by atoms with van der Waals surface area (Å²) >= 11 is 0. The molecule has 0 atom stereocenters. The van der Waals surface area contributed by atoms with Crippen molar-refractivity contribution in [3.63, 3.8) is 0 Å². The standard InChI is InChI=1S/C17H23N3O5/c1-16(2,3)25-15(22)19-7-5-17(23,6-8-19)10-20-11-18-13-12(14(20)21)4-9-24-13/h4,9,11,23H,5-8,10H2,1-3H3. The van der Waals surface area contributed by atoms with Gasteiger partial charge >= 0.3 is 6.09 Å². The van der Waals surface area contributed by atoms with Gasteiger partial charge in [-0.3, -0.25) is 9.36 Å². The fraction of sp³-hybridized carbons (Fsp3) is 0.588. The Morgan fingerprint density at radius 1 is 1.40 bits per heavy atom. The van der Waals surface area contributed by atoms with Gasteiger partial charge in [0.05, 0.1) is 18.4 Å². The Morgan fingerprint density at radius 2 is 2.08 bits per heavy atom. The maximum absolute atomic E-state index is 12.4. The van der Waals surface area contributed by atoms with Gasteiger partial charge in [0, 0.05) is 13.1 Å². The second-order valence-electron chi connectivity index (χ2n) is 7.51. The Hall–Kier alpha value is -2.35. The van der Waals surface area contributed by atoms with Gasteiger partial charge in [-0.2, -0.15) is 0 Å². The van der Waals surface area contributed by atoms with Crippen LogP contribution in [0.1, 0.15) is 33.6 Å². The number of hydrogen-bond acceptors (Lipinski definition) is 6. The van der Waals surface area contributed by atoms with Crippen LogP contribution in [0.5, 0.6) is 0 Å². The van der Waals surface area contributed by atoms with Crippen molar-refractivity contribution in [2.75, 3.05) is 13.1 Å². The predicted octanol–water partition coefficient (Wildman–Crippen LogP) is 1.75. The first-order valence-corrected chi connectivity index (χ1v) is 8.30. The first-order chi connectivity index (χ1) is 11.7. The number of fused-ring (bicyclic) bond motifs is 1. The van der Waals surface area contributed by atoms with E-state index >= 15 is 0 Å². The molecule has 0 unspecified atom stereocenters. The highest BCUT2D eigenvalue weighted by Crippen LogP contribution is 2.25. The minimum absolute atomic E-state index is 0.127. The van der Waals surface area contributed by atoms with Gasteiger partial charge in [-0.1, -0.05) is 0 Å². The summed E-state index contributed by atoms with van der Waals surface area (Å²) in [4.78, 5) is 30.2. The summed E-state index contributed by atoms with van der Waals surface area (Å²) < 4.78 is 11.8. The molecule has 8 nitrogen and oxygen atoms in total. The minimum atomic E-state index is -1.07. The van der Waals surface area contributed by atoms with E-state index in [2.05, 4.69) is 4.98 Å². The Bertz CT molecular complexity index is 825. The number of furan rings is 1. The summed E-state index contributed by atoms with van der Waals surface area (Å²) in [5.41, 5.74) is -1.58. The van der Waals surface area contributed by atoms with Gasteiger partial charge < -0.3 is 19.2 Å². The Morgan fingerprint density at radius 3 is 2.72 bits per heavy atom. The van der Waals surface area contributed by atoms with Crippen LogP contribution >= 0.6 is 0 Å². The van der Waals surface area contributed by atoms with E-state index in [0.717, 1.165) is 0 Å². The molecule has 1 aliphatic rings. The van der Waals surface area contributed by atoms with Crippen molar-refractivity contribution in [1.82, 2.24) is 14.5 Å². The lowest BCUT2D eigenvalue weighted by Gasteiger charge is -2.38. The summed E-state index contributed by atoms with van der Waals surface area (Å²) in [5, 5.41) is 11.2. The van der Waals surface area contributed by atoms with E-state index in [9.17, 15) is 14.7 Å². The fourth-order valence-corrected chi connectivity index (χ4v) is 2.91. The molecule has 3 heterocycles. The summed E-state index contributed by atoms with van der Waals surface area (Å²) in [7, 11) is 0. The van der Waals surface area contributed by atoms with Gasteiger partial charge in [0.25, 0.3) is 5.56 Å². The van der Waals surface area contributed by atoms with Crippen LogP contribution in [0, 0.1) is 0 Å². The summed E-state index contributed by atoms with van der Waals surface area (Å²) in [5.74, 6) is 0. The number of nitrogens with zero attached hydrogens (tertiary/aromatic N) is 3. The van der Waals surface area contributed by atoms with E-state index < -0.39 is 11.2 Å². The molecule has 0 saturated carbocycles. The van der Waals surface area contributed by atoms with Crippen molar-refractivity contribution in [3.8, 4) is 0 Å². The van der Waals surface area contributed by atoms with E-state index in [-0.39, 0.29) is 23.9 Å². The number of likely N-dealkylation sites (tertiary alicyclic amines) is 1. The van der Waals surface area contributed by atoms with Crippen molar-refractivity contribution in [2.45, 2.75) is 51.4 Å². The molecule has 0 aromatic carbocycles. The number of amides is 1. The largest absolute Gasteiger partial charge is 0.446 e. The minimum Gasteiger partial charge on any atom is -0.446 e. The lowest BCUT2D eigenvalue weighted by Crippen LogP contribution is -2.50.